The molecule has 2 aliphatic heterocycles. The zero-order valence-electron chi connectivity index (χ0n) is 14.9. The maximum Gasteiger partial charge on any atom is 0.247 e. The highest BCUT2D eigenvalue weighted by atomic mass is 16.2. The monoisotopic (exact) mass is 342 g/mol. The summed E-state index contributed by atoms with van der Waals surface area (Å²) in [6.07, 6.45) is 8.54. The second-order valence-electron chi connectivity index (χ2n) is 7.47. The Morgan fingerprint density at radius 3 is 2.68 bits per heavy atom. The predicted molar refractivity (Wildman–Crippen MR) is 93.9 cm³/mol. The van der Waals surface area contributed by atoms with Crippen molar-refractivity contribution in [2.75, 3.05) is 37.6 Å². The van der Waals surface area contributed by atoms with Gasteiger partial charge in [-0.05, 0) is 12.8 Å². The van der Waals surface area contributed by atoms with E-state index >= 15 is 0 Å². The van der Waals surface area contributed by atoms with E-state index < -0.39 is 0 Å². The van der Waals surface area contributed by atoms with Gasteiger partial charge in [0.25, 0.3) is 0 Å². The van der Waals surface area contributed by atoms with Crippen LogP contribution in [0, 0.1) is 11.5 Å². The third-order valence-electron chi connectivity index (χ3n) is 6.00. The first-order valence-corrected chi connectivity index (χ1v) is 9.41. The highest BCUT2D eigenvalue weighted by Crippen LogP contribution is 2.34. The lowest BCUT2D eigenvalue weighted by molar-refractivity contribution is -0.127. The van der Waals surface area contributed by atoms with Gasteiger partial charge in [0.2, 0.25) is 5.91 Å². The van der Waals surface area contributed by atoms with Gasteiger partial charge < -0.3 is 4.90 Å². The number of fused-ring (bicyclic) bond motifs is 1. The fourth-order valence-electron chi connectivity index (χ4n) is 4.54. The van der Waals surface area contributed by atoms with E-state index in [1.165, 1.54) is 37.8 Å². The molecule has 134 valence electrons. The highest BCUT2D eigenvalue weighted by Gasteiger charge is 2.40. The normalized spacial score (nSPS) is 25.8. The summed E-state index contributed by atoms with van der Waals surface area (Å²) in [5.74, 6) is 1.43. The Hall–Kier alpha value is -2.07. The molecule has 7 heteroatoms. The zero-order valence-corrected chi connectivity index (χ0v) is 14.9. The molecule has 1 aromatic rings. The van der Waals surface area contributed by atoms with Crippen LogP contribution in [-0.2, 0) is 11.8 Å². The molecule has 1 aromatic heterocycles. The fourth-order valence-corrected chi connectivity index (χ4v) is 4.54. The van der Waals surface area contributed by atoms with Gasteiger partial charge >= 0.3 is 0 Å². The largest absolute Gasteiger partial charge is 0.307 e. The third-order valence-corrected chi connectivity index (χ3v) is 6.00. The summed E-state index contributed by atoms with van der Waals surface area (Å²) in [6.45, 7) is 3.53. The van der Waals surface area contributed by atoms with Gasteiger partial charge in [-0.1, -0.05) is 19.3 Å². The predicted octanol–water partition coefficient (Wildman–Crippen LogP) is 1.28. The first kappa shape index (κ1) is 16.4. The zero-order chi connectivity index (χ0) is 17.4. The number of carbonyl (C=O) groups is 1. The fraction of sp³-hybridized carbons (Fsp3) is 0.722. The van der Waals surface area contributed by atoms with Gasteiger partial charge in [0.15, 0.2) is 12.0 Å². The van der Waals surface area contributed by atoms with E-state index in [0.717, 1.165) is 25.5 Å². The molecule has 25 heavy (non-hydrogen) atoms. The molecule has 1 amide bonds. The van der Waals surface area contributed by atoms with E-state index in [-0.39, 0.29) is 11.9 Å². The molecule has 1 aliphatic carbocycles. The Kier molecular flexibility index (Phi) is 4.38. The summed E-state index contributed by atoms with van der Waals surface area (Å²) < 4.78 is 1.97. The first-order valence-electron chi connectivity index (χ1n) is 9.41. The molecular weight excluding hydrogens is 316 g/mol. The molecule has 0 aromatic carbocycles. The minimum Gasteiger partial charge on any atom is -0.307 e. The van der Waals surface area contributed by atoms with Crippen molar-refractivity contribution in [1.29, 1.82) is 5.26 Å². The molecule has 1 atom stereocenters. The molecular formula is C18H26N6O. The SMILES string of the molecule is Cn1nc(N2CCN3CCN(C#N)CC3C2=O)cc1C1CCCCC1. The van der Waals surface area contributed by atoms with Crippen molar-refractivity contribution >= 4 is 11.7 Å². The average molecular weight is 342 g/mol. The number of carbonyl (C=O) groups excluding carboxylic acids is 1. The molecule has 0 bridgehead atoms. The van der Waals surface area contributed by atoms with Crippen molar-refractivity contribution in [3.05, 3.63) is 11.8 Å². The van der Waals surface area contributed by atoms with Gasteiger partial charge in [-0.15, -0.1) is 0 Å². The Morgan fingerprint density at radius 2 is 1.92 bits per heavy atom. The van der Waals surface area contributed by atoms with Gasteiger partial charge in [-0.25, -0.2) is 0 Å². The lowest BCUT2D eigenvalue weighted by Gasteiger charge is -2.44. The number of amides is 1. The maximum atomic E-state index is 13.0. The lowest BCUT2D eigenvalue weighted by Crippen LogP contribution is -2.64. The molecule has 7 nitrogen and oxygen atoms in total. The van der Waals surface area contributed by atoms with Crippen LogP contribution in [0.2, 0.25) is 0 Å². The van der Waals surface area contributed by atoms with Gasteiger partial charge in [0.05, 0.1) is 6.54 Å². The van der Waals surface area contributed by atoms with Crippen molar-refractivity contribution in [3.63, 3.8) is 0 Å². The van der Waals surface area contributed by atoms with E-state index in [9.17, 15) is 4.79 Å². The van der Waals surface area contributed by atoms with Crippen LogP contribution in [0.1, 0.15) is 43.7 Å². The minimum atomic E-state index is -0.220. The van der Waals surface area contributed by atoms with Crippen LogP contribution < -0.4 is 4.90 Å². The van der Waals surface area contributed by atoms with E-state index in [4.69, 9.17) is 5.26 Å². The minimum absolute atomic E-state index is 0.0829. The Bertz CT molecular complexity index is 686. The van der Waals surface area contributed by atoms with Crippen molar-refractivity contribution in [2.24, 2.45) is 7.05 Å². The smallest absolute Gasteiger partial charge is 0.247 e. The van der Waals surface area contributed by atoms with Crippen LogP contribution in [0.5, 0.6) is 0 Å². The van der Waals surface area contributed by atoms with E-state index in [2.05, 4.69) is 22.3 Å². The third kappa shape index (κ3) is 2.99. The van der Waals surface area contributed by atoms with Crippen molar-refractivity contribution < 1.29 is 4.79 Å². The Balaban J connectivity index is 1.54. The van der Waals surface area contributed by atoms with Gasteiger partial charge in [0.1, 0.15) is 6.04 Å². The molecule has 0 N–H and O–H groups in total. The van der Waals surface area contributed by atoms with Gasteiger partial charge in [-0.2, -0.15) is 10.4 Å². The van der Waals surface area contributed by atoms with E-state index in [1.54, 1.807) is 4.90 Å². The Labute approximate surface area is 148 Å². The molecule has 1 unspecified atom stereocenters. The number of aryl methyl sites for hydroxylation is 1. The van der Waals surface area contributed by atoms with Crippen LogP contribution in [0.3, 0.4) is 0 Å². The van der Waals surface area contributed by atoms with E-state index in [1.807, 2.05) is 16.6 Å². The lowest BCUT2D eigenvalue weighted by atomic mass is 9.87. The van der Waals surface area contributed by atoms with Crippen molar-refractivity contribution in [1.82, 2.24) is 19.6 Å². The molecule has 0 radical (unpaired) electrons. The van der Waals surface area contributed by atoms with Crippen LogP contribution in [0.15, 0.2) is 6.07 Å². The summed E-state index contributed by atoms with van der Waals surface area (Å²) in [4.78, 5) is 18.7. The average Bonchev–Trinajstić information content (AvgIpc) is 3.04. The number of piperazine rings is 2. The van der Waals surface area contributed by atoms with Crippen LogP contribution in [0.4, 0.5) is 5.82 Å². The van der Waals surface area contributed by atoms with Crippen LogP contribution in [-0.4, -0.2) is 64.3 Å². The maximum absolute atomic E-state index is 13.0. The second-order valence-corrected chi connectivity index (χ2v) is 7.47. The molecule has 2 saturated heterocycles. The van der Waals surface area contributed by atoms with Gasteiger partial charge in [-0.3, -0.25) is 19.3 Å². The second kappa shape index (κ2) is 6.68. The summed E-state index contributed by atoms with van der Waals surface area (Å²) in [6, 6.07) is 1.90. The van der Waals surface area contributed by atoms with Crippen molar-refractivity contribution in [3.8, 4) is 6.19 Å². The molecule has 3 fully saturated rings. The number of anilines is 1. The van der Waals surface area contributed by atoms with Crippen molar-refractivity contribution in [2.45, 2.75) is 44.1 Å². The molecule has 4 rings (SSSR count). The standard InChI is InChI=1S/C18H26N6O/c1-21-15(14-5-3-2-4-6-14)11-17(20-21)24-10-9-23-8-7-22(13-19)12-16(23)18(24)25/h11,14,16H,2-10,12H2,1H3. The van der Waals surface area contributed by atoms with Gasteiger partial charge in [0, 0.05) is 50.9 Å². The highest BCUT2D eigenvalue weighted by molar-refractivity contribution is 5.97. The number of rotatable bonds is 2. The van der Waals surface area contributed by atoms with E-state index in [0.29, 0.717) is 19.0 Å². The van der Waals surface area contributed by atoms with Crippen LogP contribution >= 0.6 is 0 Å². The van der Waals surface area contributed by atoms with Crippen LogP contribution in [0.25, 0.3) is 0 Å². The first-order chi connectivity index (χ1) is 12.2. The molecule has 3 aliphatic rings. The number of hydrogen-bond acceptors (Lipinski definition) is 5. The summed E-state index contributed by atoms with van der Waals surface area (Å²) in [5, 5.41) is 13.8. The number of nitrogens with zero attached hydrogens (tertiary/aromatic N) is 6. The number of aromatic nitrogens is 2. The molecule has 0 spiro atoms. The summed E-state index contributed by atoms with van der Waals surface area (Å²) in [5.41, 5.74) is 1.26. The summed E-state index contributed by atoms with van der Waals surface area (Å²) >= 11 is 0. The number of hydrogen-bond donors (Lipinski definition) is 0. The Morgan fingerprint density at radius 1 is 1.16 bits per heavy atom. The topological polar surface area (TPSA) is 68.4 Å². The molecule has 3 heterocycles. The quantitative estimate of drug-likeness (QED) is 0.758. The summed E-state index contributed by atoms with van der Waals surface area (Å²) in [7, 11) is 1.99. The molecule has 1 saturated carbocycles. The number of nitriles is 1.